The number of rotatable bonds is 3. The van der Waals surface area contributed by atoms with E-state index in [1.54, 1.807) is 18.2 Å². The summed E-state index contributed by atoms with van der Waals surface area (Å²) in [5.41, 5.74) is 3.27. The Morgan fingerprint density at radius 3 is 2.80 bits per heavy atom. The SMILES string of the molecule is COCC[C@H]1C[C@H](C)/C=C/[C@H](O)[C@@H]2CC[C@H]2CN2C[C@@]3(CCCc4cc(Cl)ccc43)COc3ccc(cc32)C(=O)NS1(=O)=O. The number of anilines is 1. The second kappa shape index (κ2) is 12.7. The largest absolute Gasteiger partial charge is 0.490 e. The lowest BCUT2D eigenvalue weighted by molar-refractivity contribution is 0.0454. The number of aliphatic hydroxyl groups excluding tert-OH is 1. The summed E-state index contributed by atoms with van der Waals surface area (Å²) in [6.07, 6.45) is 8.59. The van der Waals surface area contributed by atoms with E-state index >= 15 is 0 Å². The summed E-state index contributed by atoms with van der Waals surface area (Å²) in [6, 6.07) is 11.4. The van der Waals surface area contributed by atoms with Crippen LogP contribution in [0.15, 0.2) is 48.6 Å². The van der Waals surface area contributed by atoms with Crippen LogP contribution in [0.1, 0.15) is 66.9 Å². The molecule has 2 aromatic rings. The molecular formula is C34H43ClN2O6S. The standard InChI is InChI=1S/C34H43ClN2O6S/c1-22-5-11-31(38)28-9-6-25(28)19-37-20-34(14-3-4-23-17-26(35)8-10-29(23)34)21-43-32-12-7-24(18-30(32)37)33(39)36-44(40,41)27(16-22)13-15-42-2/h5,7-8,10-12,17-18,22,25,27-28,31,38H,3-4,6,9,13-16,19-21H2,1-2H3,(H,36,39)/b11-5+/t22-,25+,27+,28-,31+,34+/m1/s1. The number of carbonyl (C=O) groups is 1. The minimum absolute atomic E-state index is 0.104. The Bertz CT molecular complexity index is 1530. The van der Waals surface area contributed by atoms with Gasteiger partial charge in [0.15, 0.2) is 0 Å². The molecule has 0 radical (unpaired) electrons. The summed E-state index contributed by atoms with van der Waals surface area (Å²) < 4.78 is 41.1. The molecule has 1 amide bonds. The van der Waals surface area contributed by atoms with Crippen molar-refractivity contribution in [2.75, 3.05) is 38.3 Å². The number of allylic oxidation sites excluding steroid dienone is 1. The Morgan fingerprint density at radius 2 is 2.02 bits per heavy atom. The highest BCUT2D eigenvalue weighted by Gasteiger charge is 2.44. The van der Waals surface area contributed by atoms with Gasteiger partial charge in [-0.25, -0.2) is 13.1 Å². The highest BCUT2D eigenvalue weighted by atomic mass is 35.5. The number of methoxy groups -OCH3 is 1. The van der Waals surface area contributed by atoms with Crippen molar-refractivity contribution in [2.24, 2.45) is 17.8 Å². The van der Waals surface area contributed by atoms with Crippen LogP contribution in [0.5, 0.6) is 5.75 Å². The van der Waals surface area contributed by atoms with E-state index in [2.05, 4.69) is 21.8 Å². The molecule has 238 valence electrons. The summed E-state index contributed by atoms with van der Waals surface area (Å²) in [6.45, 7) is 4.07. The normalized spacial score (nSPS) is 32.3. The van der Waals surface area contributed by atoms with Crippen LogP contribution in [-0.4, -0.2) is 64.2 Å². The summed E-state index contributed by atoms with van der Waals surface area (Å²) in [7, 11) is -2.48. The molecule has 8 nitrogen and oxygen atoms in total. The van der Waals surface area contributed by atoms with Crippen molar-refractivity contribution in [2.45, 2.75) is 68.6 Å². The minimum Gasteiger partial charge on any atom is -0.490 e. The molecule has 1 spiro atoms. The summed E-state index contributed by atoms with van der Waals surface area (Å²) in [5.74, 6) is 0.275. The van der Waals surface area contributed by atoms with Gasteiger partial charge in [-0.3, -0.25) is 4.79 Å². The molecule has 2 aromatic carbocycles. The number of aliphatic hydroxyl groups is 1. The first-order valence-electron chi connectivity index (χ1n) is 15.8. The molecule has 10 heteroatoms. The van der Waals surface area contributed by atoms with Crippen molar-refractivity contribution in [3.05, 3.63) is 70.3 Å². The molecule has 2 bridgehead atoms. The number of benzene rings is 2. The van der Waals surface area contributed by atoms with Crippen LogP contribution in [-0.2, 0) is 26.6 Å². The Morgan fingerprint density at radius 1 is 1.18 bits per heavy atom. The third-order valence-electron chi connectivity index (χ3n) is 10.3. The van der Waals surface area contributed by atoms with Gasteiger partial charge in [0.05, 0.1) is 23.6 Å². The van der Waals surface area contributed by atoms with Gasteiger partial charge in [-0.15, -0.1) is 0 Å². The van der Waals surface area contributed by atoms with Gasteiger partial charge in [0.1, 0.15) is 5.75 Å². The highest BCUT2D eigenvalue weighted by molar-refractivity contribution is 7.90. The lowest BCUT2D eigenvalue weighted by Crippen LogP contribution is -2.49. The molecule has 2 aliphatic heterocycles. The maximum atomic E-state index is 13.5. The van der Waals surface area contributed by atoms with E-state index in [0.29, 0.717) is 31.9 Å². The van der Waals surface area contributed by atoms with Crippen LogP contribution < -0.4 is 14.4 Å². The number of nitrogens with one attached hydrogen (secondary N) is 1. The van der Waals surface area contributed by atoms with Crippen LogP contribution in [0.3, 0.4) is 0 Å². The first-order chi connectivity index (χ1) is 21.1. The smallest absolute Gasteiger partial charge is 0.264 e. The molecule has 2 N–H and O–H groups in total. The molecule has 2 aliphatic carbocycles. The monoisotopic (exact) mass is 642 g/mol. The summed E-state index contributed by atoms with van der Waals surface area (Å²) >= 11 is 6.40. The van der Waals surface area contributed by atoms with Crippen molar-refractivity contribution >= 4 is 33.2 Å². The number of amides is 1. The van der Waals surface area contributed by atoms with Gasteiger partial charge in [-0.2, -0.15) is 0 Å². The Kier molecular flexibility index (Phi) is 9.03. The average Bonchev–Trinajstić information content (AvgIpc) is 3.12. The third-order valence-corrected chi connectivity index (χ3v) is 12.3. The number of halogens is 1. The predicted octanol–water partition coefficient (Wildman–Crippen LogP) is 5.26. The van der Waals surface area contributed by atoms with Gasteiger partial charge in [0, 0.05) is 42.8 Å². The van der Waals surface area contributed by atoms with Crippen molar-refractivity contribution in [1.82, 2.24) is 4.72 Å². The van der Waals surface area contributed by atoms with Crippen molar-refractivity contribution in [3.63, 3.8) is 0 Å². The van der Waals surface area contributed by atoms with Crippen molar-refractivity contribution in [1.29, 1.82) is 0 Å². The molecule has 6 atom stereocenters. The summed E-state index contributed by atoms with van der Waals surface area (Å²) in [5, 5.41) is 11.2. The van der Waals surface area contributed by atoms with Gasteiger partial charge < -0.3 is 19.5 Å². The van der Waals surface area contributed by atoms with Gasteiger partial charge >= 0.3 is 0 Å². The molecule has 0 saturated heterocycles. The van der Waals surface area contributed by atoms with Crippen molar-refractivity contribution in [3.8, 4) is 5.75 Å². The van der Waals surface area contributed by atoms with Gasteiger partial charge in [0.25, 0.3) is 5.91 Å². The zero-order valence-electron chi connectivity index (χ0n) is 25.5. The molecule has 6 rings (SSSR count). The van der Waals surface area contributed by atoms with E-state index in [9.17, 15) is 18.3 Å². The van der Waals surface area contributed by atoms with Gasteiger partial charge in [-0.05, 0) is 104 Å². The fraction of sp³-hybridized carbons (Fsp3) is 0.559. The van der Waals surface area contributed by atoms with E-state index in [1.165, 1.54) is 18.2 Å². The lowest BCUT2D eigenvalue weighted by Gasteiger charge is -2.45. The molecule has 0 unspecified atom stereocenters. The fourth-order valence-corrected chi connectivity index (χ4v) is 9.37. The van der Waals surface area contributed by atoms with Crippen LogP contribution in [0, 0.1) is 17.8 Å². The molecule has 0 aromatic heterocycles. The van der Waals surface area contributed by atoms with Gasteiger partial charge in [-0.1, -0.05) is 36.7 Å². The van der Waals surface area contributed by atoms with E-state index in [4.69, 9.17) is 21.1 Å². The second-order valence-corrected chi connectivity index (χ2v) is 15.7. The maximum absolute atomic E-state index is 13.5. The van der Waals surface area contributed by atoms with Crippen molar-refractivity contribution < 1.29 is 27.8 Å². The zero-order chi connectivity index (χ0) is 31.1. The second-order valence-electron chi connectivity index (χ2n) is 13.3. The number of hydrogen-bond donors (Lipinski definition) is 2. The quantitative estimate of drug-likeness (QED) is 0.440. The topological polar surface area (TPSA) is 105 Å². The lowest BCUT2D eigenvalue weighted by atomic mass is 9.68. The van der Waals surface area contributed by atoms with Crippen LogP contribution >= 0.6 is 11.6 Å². The summed E-state index contributed by atoms with van der Waals surface area (Å²) in [4.78, 5) is 15.8. The van der Waals surface area contributed by atoms with E-state index in [0.717, 1.165) is 42.8 Å². The highest BCUT2D eigenvalue weighted by Crippen LogP contribution is 2.46. The van der Waals surface area contributed by atoms with E-state index in [-0.39, 0.29) is 41.8 Å². The van der Waals surface area contributed by atoms with E-state index in [1.807, 2.05) is 25.1 Å². The van der Waals surface area contributed by atoms with Gasteiger partial charge in [0.2, 0.25) is 10.0 Å². The first-order valence-corrected chi connectivity index (χ1v) is 17.7. The third kappa shape index (κ3) is 6.26. The number of fused-ring (bicyclic) bond motifs is 4. The number of hydrogen-bond acceptors (Lipinski definition) is 7. The molecule has 4 aliphatic rings. The number of sulfonamides is 1. The molecular weight excluding hydrogens is 600 g/mol. The molecule has 44 heavy (non-hydrogen) atoms. The number of aryl methyl sites for hydroxylation is 1. The van der Waals surface area contributed by atoms with E-state index < -0.39 is 27.3 Å². The first kappa shape index (κ1) is 31.4. The van der Waals surface area contributed by atoms with Crippen LogP contribution in [0.25, 0.3) is 0 Å². The Hall–Kier alpha value is -2.59. The molecule has 1 saturated carbocycles. The Labute approximate surface area is 265 Å². The zero-order valence-corrected chi connectivity index (χ0v) is 27.1. The molecule has 2 heterocycles. The number of nitrogens with zero attached hydrogens (tertiary/aromatic N) is 1. The number of carbonyl (C=O) groups excluding carboxylic acids is 1. The predicted molar refractivity (Wildman–Crippen MR) is 172 cm³/mol. The average molecular weight is 643 g/mol. The minimum atomic E-state index is -4.01. The maximum Gasteiger partial charge on any atom is 0.264 e. The fourth-order valence-electron chi connectivity index (χ4n) is 7.67. The number of ether oxygens (including phenoxy) is 2. The molecule has 1 fully saturated rings. The van der Waals surface area contributed by atoms with Crippen LogP contribution in [0.4, 0.5) is 5.69 Å². The van der Waals surface area contributed by atoms with Crippen LogP contribution in [0.2, 0.25) is 5.02 Å². The Balaban J connectivity index is 1.41.